The number of phenols is 2. The molecule has 0 unspecified atom stereocenters. The Hall–Kier alpha value is -4.08. The summed E-state index contributed by atoms with van der Waals surface area (Å²) in [7, 11) is 1.95. The molecule has 0 amide bonds. The summed E-state index contributed by atoms with van der Waals surface area (Å²) in [5, 5.41) is 22.2. The smallest absolute Gasteiger partial charge is 0.312 e. The van der Waals surface area contributed by atoms with Gasteiger partial charge in [0.2, 0.25) is 0 Å². The van der Waals surface area contributed by atoms with Crippen molar-refractivity contribution in [1.82, 2.24) is 9.88 Å². The zero-order chi connectivity index (χ0) is 30.3. The van der Waals surface area contributed by atoms with E-state index in [2.05, 4.69) is 14.8 Å². The molecule has 2 aliphatic heterocycles. The van der Waals surface area contributed by atoms with E-state index in [0.29, 0.717) is 61.6 Å². The highest BCUT2D eigenvalue weighted by molar-refractivity contribution is 6.33. The van der Waals surface area contributed by atoms with E-state index in [9.17, 15) is 19.8 Å². The van der Waals surface area contributed by atoms with Crippen LogP contribution in [-0.4, -0.2) is 65.4 Å². The van der Waals surface area contributed by atoms with E-state index in [1.165, 1.54) is 6.07 Å². The van der Waals surface area contributed by atoms with Crippen molar-refractivity contribution in [3.63, 3.8) is 0 Å². The SMILES string of the molecule is CN1CC[C@H](c2c(O)cc(O)c3c(=O)cc(-c4ccccc4Cl)oc23)[C@H](OC(=O)C2(C)CCN(c3ccncc3)CC2)C1. The standard InChI is InChI=1S/C33H34ClN3O6/c1-33(10-15-37(16-11-33)20-7-12-35-13-8-20)32(41)43-28-19-36(2)14-9-22(28)29-24(38)17-25(39)30-26(40)18-27(42-31(29)30)21-5-3-4-6-23(21)34/h3-8,12-13,17-18,22,28,38-39H,9-11,14-16,19H2,1-2H3/t22-,28+/m0/s1. The second-order valence-corrected chi connectivity index (χ2v) is 12.2. The Morgan fingerprint density at radius 1 is 1.07 bits per heavy atom. The van der Waals surface area contributed by atoms with Crippen LogP contribution in [0.3, 0.4) is 0 Å². The monoisotopic (exact) mass is 603 g/mol. The normalized spacial score (nSPS) is 20.7. The zero-order valence-corrected chi connectivity index (χ0v) is 24.9. The minimum atomic E-state index is -0.674. The van der Waals surface area contributed by atoms with Gasteiger partial charge >= 0.3 is 5.97 Å². The molecular weight excluding hydrogens is 570 g/mol. The van der Waals surface area contributed by atoms with Gasteiger partial charge in [0.15, 0.2) is 5.43 Å². The van der Waals surface area contributed by atoms with Crippen molar-refractivity contribution in [2.75, 3.05) is 38.1 Å². The first-order valence-electron chi connectivity index (χ1n) is 14.5. The Bertz CT molecular complexity index is 1720. The molecule has 9 nitrogen and oxygen atoms in total. The topological polar surface area (TPSA) is 116 Å². The third kappa shape index (κ3) is 5.55. The predicted octanol–water partition coefficient (Wildman–Crippen LogP) is 5.56. The maximum absolute atomic E-state index is 13.8. The number of likely N-dealkylation sites (N-methyl/N-ethyl adjacent to an activating group) is 1. The average molecular weight is 604 g/mol. The fourth-order valence-electron chi connectivity index (χ4n) is 6.29. The van der Waals surface area contributed by atoms with Gasteiger partial charge in [-0.3, -0.25) is 14.6 Å². The van der Waals surface area contributed by atoms with Crippen LogP contribution in [-0.2, 0) is 9.53 Å². The molecule has 2 fully saturated rings. The van der Waals surface area contributed by atoms with E-state index in [4.69, 9.17) is 20.8 Å². The number of hydrogen-bond donors (Lipinski definition) is 2. The molecule has 2 aliphatic rings. The largest absolute Gasteiger partial charge is 0.507 e. The summed E-state index contributed by atoms with van der Waals surface area (Å²) in [6.45, 7) is 4.48. The first-order valence-corrected chi connectivity index (χ1v) is 14.8. The van der Waals surface area contributed by atoms with E-state index >= 15 is 0 Å². The molecule has 2 aromatic heterocycles. The molecule has 6 rings (SSSR count). The summed E-state index contributed by atoms with van der Waals surface area (Å²) in [6.07, 6.45) is 4.71. The summed E-state index contributed by atoms with van der Waals surface area (Å²) in [4.78, 5) is 35.5. The molecule has 0 radical (unpaired) electrons. The molecule has 2 atom stereocenters. The molecule has 2 aromatic carbocycles. The van der Waals surface area contributed by atoms with Gasteiger partial charge in [0.1, 0.15) is 34.3 Å². The highest BCUT2D eigenvalue weighted by Gasteiger charge is 2.43. The van der Waals surface area contributed by atoms with Crippen LogP contribution in [0.1, 0.15) is 37.7 Å². The van der Waals surface area contributed by atoms with Crippen LogP contribution in [0.25, 0.3) is 22.3 Å². The number of aromatic hydroxyl groups is 2. The summed E-state index contributed by atoms with van der Waals surface area (Å²) in [5.74, 6) is -1.16. The van der Waals surface area contributed by atoms with Crippen molar-refractivity contribution in [1.29, 1.82) is 0 Å². The van der Waals surface area contributed by atoms with Gasteiger partial charge in [-0.25, -0.2) is 0 Å². The summed E-state index contributed by atoms with van der Waals surface area (Å²) in [5.41, 5.74) is 0.841. The Kier molecular flexibility index (Phi) is 7.79. The van der Waals surface area contributed by atoms with E-state index in [1.807, 2.05) is 26.1 Å². The Morgan fingerprint density at radius 3 is 2.51 bits per heavy atom. The van der Waals surface area contributed by atoms with Gasteiger partial charge in [0, 0.05) is 66.9 Å². The van der Waals surface area contributed by atoms with Gasteiger partial charge in [-0.05, 0) is 64.0 Å². The van der Waals surface area contributed by atoms with E-state index in [1.54, 1.807) is 36.7 Å². The lowest BCUT2D eigenvalue weighted by atomic mass is 9.79. The number of carbonyl (C=O) groups is 1. The molecule has 4 heterocycles. The number of ether oxygens (including phenoxy) is 1. The molecule has 224 valence electrons. The van der Waals surface area contributed by atoms with Gasteiger partial charge in [-0.15, -0.1) is 0 Å². The number of esters is 1. The minimum Gasteiger partial charge on any atom is -0.507 e. The third-order valence-corrected chi connectivity index (χ3v) is 9.25. The second-order valence-electron chi connectivity index (χ2n) is 11.8. The first kappa shape index (κ1) is 29.0. The highest BCUT2D eigenvalue weighted by atomic mass is 35.5. The number of halogens is 1. The number of likely N-dealkylation sites (tertiary alicyclic amines) is 1. The van der Waals surface area contributed by atoms with Crippen LogP contribution in [0.4, 0.5) is 5.69 Å². The fraction of sp³-hybridized carbons (Fsp3) is 0.364. The molecule has 0 bridgehead atoms. The van der Waals surface area contributed by atoms with Crippen LogP contribution in [0, 0.1) is 5.41 Å². The maximum Gasteiger partial charge on any atom is 0.312 e. The van der Waals surface area contributed by atoms with Crippen molar-refractivity contribution >= 4 is 34.2 Å². The number of anilines is 1. The molecule has 4 aromatic rings. The highest BCUT2D eigenvalue weighted by Crippen LogP contribution is 2.44. The van der Waals surface area contributed by atoms with Crippen LogP contribution >= 0.6 is 11.6 Å². The number of piperidine rings is 2. The molecule has 2 saturated heterocycles. The summed E-state index contributed by atoms with van der Waals surface area (Å²) in [6, 6.07) is 13.4. The summed E-state index contributed by atoms with van der Waals surface area (Å²) >= 11 is 6.41. The van der Waals surface area contributed by atoms with Crippen molar-refractivity contribution in [2.45, 2.75) is 38.2 Å². The number of aromatic nitrogens is 1. The fourth-order valence-corrected chi connectivity index (χ4v) is 6.52. The number of benzene rings is 2. The van der Waals surface area contributed by atoms with Crippen LogP contribution in [0.5, 0.6) is 11.5 Å². The number of hydrogen-bond acceptors (Lipinski definition) is 9. The zero-order valence-electron chi connectivity index (χ0n) is 24.1. The van der Waals surface area contributed by atoms with Crippen LogP contribution in [0.15, 0.2) is 70.1 Å². The van der Waals surface area contributed by atoms with Gasteiger partial charge in [-0.2, -0.15) is 0 Å². The van der Waals surface area contributed by atoms with Crippen molar-refractivity contribution in [3.05, 3.63) is 81.7 Å². The van der Waals surface area contributed by atoms with Gasteiger partial charge in [0.25, 0.3) is 0 Å². The number of rotatable bonds is 5. The molecular formula is C33H34ClN3O6. The van der Waals surface area contributed by atoms with E-state index < -0.39 is 22.9 Å². The molecule has 43 heavy (non-hydrogen) atoms. The van der Waals surface area contributed by atoms with Crippen molar-refractivity contribution in [3.8, 4) is 22.8 Å². The van der Waals surface area contributed by atoms with Crippen molar-refractivity contribution < 1.29 is 24.2 Å². The molecule has 10 heteroatoms. The molecule has 0 spiro atoms. The number of carbonyl (C=O) groups excluding carboxylic acids is 1. The number of fused-ring (bicyclic) bond motifs is 1. The lowest BCUT2D eigenvalue weighted by Gasteiger charge is -2.41. The molecule has 0 aliphatic carbocycles. The predicted molar refractivity (Wildman–Crippen MR) is 165 cm³/mol. The first-order chi connectivity index (χ1) is 20.6. The van der Waals surface area contributed by atoms with Crippen LogP contribution in [0.2, 0.25) is 5.02 Å². The number of phenolic OH excluding ortho intramolecular Hbond substituents is 2. The average Bonchev–Trinajstić information content (AvgIpc) is 2.98. The van der Waals surface area contributed by atoms with E-state index in [0.717, 1.165) is 11.8 Å². The Morgan fingerprint density at radius 2 is 1.79 bits per heavy atom. The maximum atomic E-state index is 13.8. The lowest BCUT2D eigenvalue weighted by Crippen LogP contribution is -2.48. The minimum absolute atomic E-state index is 0.0388. The lowest BCUT2D eigenvalue weighted by molar-refractivity contribution is -0.165. The summed E-state index contributed by atoms with van der Waals surface area (Å²) < 4.78 is 12.5. The quantitative estimate of drug-likeness (QED) is 0.283. The Balaban J connectivity index is 1.33. The van der Waals surface area contributed by atoms with Gasteiger partial charge in [0.05, 0.1) is 10.4 Å². The molecule has 0 saturated carbocycles. The third-order valence-electron chi connectivity index (χ3n) is 8.92. The number of pyridine rings is 1. The number of nitrogens with zero attached hydrogens (tertiary/aromatic N) is 3. The van der Waals surface area contributed by atoms with Gasteiger partial charge in [-0.1, -0.05) is 23.7 Å². The van der Waals surface area contributed by atoms with Gasteiger partial charge < -0.3 is 29.2 Å². The molecule has 2 N–H and O–H groups in total. The second kappa shape index (κ2) is 11.5. The van der Waals surface area contributed by atoms with Crippen LogP contribution < -0.4 is 10.3 Å². The van der Waals surface area contributed by atoms with Crippen molar-refractivity contribution in [2.24, 2.45) is 5.41 Å². The van der Waals surface area contributed by atoms with E-state index in [-0.39, 0.29) is 34.2 Å². The Labute approximate surface area is 254 Å².